The normalized spacial score (nSPS) is 13.6. The predicted molar refractivity (Wildman–Crippen MR) is 130 cm³/mol. The van der Waals surface area contributed by atoms with Gasteiger partial charge in [-0.05, 0) is 71.8 Å². The molecule has 0 amide bonds. The van der Waals surface area contributed by atoms with E-state index < -0.39 is 0 Å². The minimum absolute atomic E-state index is 0.652. The molecule has 0 unspecified atom stereocenters. The summed E-state index contributed by atoms with van der Waals surface area (Å²) in [4.78, 5) is 9.46. The summed E-state index contributed by atoms with van der Waals surface area (Å²) in [6.07, 6.45) is 10.6. The molecular formula is C29H22N3O+. The van der Waals surface area contributed by atoms with E-state index in [2.05, 4.69) is 71.3 Å². The Morgan fingerprint density at radius 1 is 0.788 bits per heavy atom. The van der Waals surface area contributed by atoms with Gasteiger partial charge in [-0.2, -0.15) is 0 Å². The Morgan fingerprint density at radius 2 is 1.70 bits per heavy atom. The van der Waals surface area contributed by atoms with Crippen molar-refractivity contribution in [2.75, 3.05) is 0 Å². The summed E-state index contributed by atoms with van der Waals surface area (Å²) in [7, 11) is 0. The lowest BCUT2D eigenvalue weighted by atomic mass is 9.89. The lowest BCUT2D eigenvalue weighted by Crippen LogP contribution is -2.30. The molecule has 4 heteroatoms. The van der Waals surface area contributed by atoms with E-state index in [4.69, 9.17) is 14.4 Å². The average molecular weight is 429 g/mol. The van der Waals surface area contributed by atoms with Crippen LogP contribution < -0.4 is 4.57 Å². The van der Waals surface area contributed by atoms with Gasteiger partial charge in [0.15, 0.2) is 6.20 Å². The molecule has 0 saturated carbocycles. The number of aromatic nitrogens is 3. The van der Waals surface area contributed by atoms with Crippen molar-refractivity contribution in [2.45, 2.75) is 25.7 Å². The average Bonchev–Trinajstić information content (AvgIpc) is 3.26. The third-order valence-electron chi connectivity index (χ3n) is 6.84. The highest BCUT2D eigenvalue weighted by molar-refractivity contribution is 6.02. The molecule has 7 rings (SSSR count). The Morgan fingerprint density at radius 3 is 2.67 bits per heavy atom. The molecule has 33 heavy (non-hydrogen) atoms. The smallest absolute Gasteiger partial charge is 0.385 e. The molecule has 0 fully saturated rings. The molecule has 4 aromatic heterocycles. The number of aryl methyl sites for hydroxylation is 1. The lowest BCUT2D eigenvalue weighted by molar-refractivity contribution is -0.574. The minimum Gasteiger partial charge on any atom is -0.385 e. The number of fused-ring (bicyclic) bond motifs is 5. The van der Waals surface area contributed by atoms with Crippen molar-refractivity contribution < 1.29 is 8.98 Å². The summed E-state index contributed by atoms with van der Waals surface area (Å²) < 4.78 is 8.39. The molecule has 158 valence electrons. The van der Waals surface area contributed by atoms with E-state index in [1.807, 2.05) is 18.6 Å². The second kappa shape index (κ2) is 7.24. The Balaban J connectivity index is 1.42. The van der Waals surface area contributed by atoms with Crippen LogP contribution in [0, 0.1) is 0 Å². The molecule has 1 aliphatic carbocycles. The largest absolute Gasteiger partial charge is 0.388 e. The van der Waals surface area contributed by atoms with Gasteiger partial charge in [-0.1, -0.05) is 24.3 Å². The van der Waals surface area contributed by atoms with Gasteiger partial charge in [-0.3, -0.25) is 4.98 Å². The van der Waals surface area contributed by atoms with Gasteiger partial charge in [0.1, 0.15) is 5.39 Å². The number of pyridine rings is 3. The second-order valence-electron chi connectivity index (χ2n) is 8.81. The van der Waals surface area contributed by atoms with E-state index in [0.29, 0.717) is 5.71 Å². The third-order valence-corrected chi connectivity index (χ3v) is 6.84. The zero-order valence-electron chi connectivity index (χ0n) is 18.2. The summed E-state index contributed by atoms with van der Waals surface area (Å²) in [6, 6.07) is 23.4. The molecular weight excluding hydrogens is 406 g/mol. The van der Waals surface area contributed by atoms with Crippen LogP contribution in [-0.2, 0) is 12.8 Å². The molecule has 0 spiro atoms. The molecule has 4 heterocycles. The van der Waals surface area contributed by atoms with Gasteiger partial charge in [0.25, 0.3) is 0 Å². The van der Waals surface area contributed by atoms with Crippen LogP contribution in [-0.4, -0.2) is 9.97 Å². The highest BCUT2D eigenvalue weighted by atomic mass is 16.3. The molecule has 4 nitrogen and oxygen atoms in total. The molecule has 0 saturated heterocycles. The van der Waals surface area contributed by atoms with E-state index in [9.17, 15) is 0 Å². The van der Waals surface area contributed by atoms with Crippen LogP contribution in [0.5, 0.6) is 0 Å². The predicted octanol–water partition coefficient (Wildman–Crippen LogP) is 6.35. The number of hydrogen-bond donors (Lipinski definition) is 0. The zero-order valence-corrected chi connectivity index (χ0v) is 18.2. The molecule has 1 aliphatic rings. The quantitative estimate of drug-likeness (QED) is 0.302. The minimum atomic E-state index is 0.652. The first kappa shape index (κ1) is 18.5. The second-order valence-corrected chi connectivity index (χ2v) is 8.81. The van der Waals surface area contributed by atoms with Crippen LogP contribution in [0.3, 0.4) is 0 Å². The van der Waals surface area contributed by atoms with E-state index in [1.54, 1.807) is 0 Å². The number of nitrogens with zero attached hydrogens (tertiary/aromatic N) is 3. The van der Waals surface area contributed by atoms with Crippen molar-refractivity contribution in [1.29, 1.82) is 0 Å². The SMILES string of the molecule is c1ccc2cc(-[n+]3cccc4c5cc(-c6nccc7c6CCCC7)cnc5oc43)ccc2c1. The Kier molecular flexibility index (Phi) is 4.06. The van der Waals surface area contributed by atoms with Crippen molar-refractivity contribution >= 4 is 33.0 Å². The lowest BCUT2D eigenvalue weighted by Gasteiger charge is -2.18. The standard InChI is InChI=1S/C29H22N3O/c1-2-8-21-16-23(12-11-19(21)6-1)32-15-5-10-25-26-17-22(18-31-28(26)33-29(25)32)27-24-9-4-3-7-20(24)13-14-30-27/h1-2,5-6,8,10-18H,3-4,7,9H2/q+1. The van der Waals surface area contributed by atoms with Crippen LogP contribution in [0.1, 0.15) is 24.0 Å². The van der Waals surface area contributed by atoms with Crippen LogP contribution in [0.15, 0.2) is 89.7 Å². The Hall–Kier alpha value is -4.05. The highest BCUT2D eigenvalue weighted by Gasteiger charge is 2.22. The van der Waals surface area contributed by atoms with Crippen molar-refractivity contribution in [3.8, 4) is 16.9 Å². The topological polar surface area (TPSA) is 42.8 Å². The molecule has 6 aromatic rings. The summed E-state index contributed by atoms with van der Waals surface area (Å²) in [5.41, 5.74) is 7.45. The summed E-state index contributed by atoms with van der Waals surface area (Å²) in [6.45, 7) is 0. The van der Waals surface area contributed by atoms with Crippen LogP contribution in [0.25, 0.3) is 49.9 Å². The van der Waals surface area contributed by atoms with Crippen molar-refractivity contribution in [3.63, 3.8) is 0 Å². The van der Waals surface area contributed by atoms with E-state index in [1.165, 1.54) is 34.7 Å². The first-order chi connectivity index (χ1) is 16.3. The molecule has 0 aliphatic heterocycles. The Bertz CT molecular complexity index is 1680. The maximum absolute atomic E-state index is 6.29. The fourth-order valence-corrected chi connectivity index (χ4v) is 5.19. The van der Waals surface area contributed by atoms with E-state index >= 15 is 0 Å². The summed E-state index contributed by atoms with van der Waals surface area (Å²) in [5, 5.41) is 4.51. The molecule has 0 radical (unpaired) electrons. The number of rotatable bonds is 2. The van der Waals surface area contributed by atoms with Crippen LogP contribution >= 0.6 is 0 Å². The van der Waals surface area contributed by atoms with Crippen molar-refractivity contribution in [2.24, 2.45) is 0 Å². The monoisotopic (exact) mass is 428 g/mol. The van der Waals surface area contributed by atoms with Gasteiger partial charge in [0.2, 0.25) is 11.4 Å². The summed E-state index contributed by atoms with van der Waals surface area (Å²) >= 11 is 0. The fourth-order valence-electron chi connectivity index (χ4n) is 5.19. The van der Waals surface area contributed by atoms with Crippen molar-refractivity contribution in [1.82, 2.24) is 9.97 Å². The molecule has 0 atom stereocenters. The van der Waals surface area contributed by atoms with Gasteiger partial charge in [0, 0.05) is 36.2 Å². The van der Waals surface area contributed by atoms with Gasteiger partial charge >= 0.3 is 5.71 Å². The zero-order chi connectivity index (χ0) is 21.8. The third kappa shape index (κ3) is 2.94. The molecule has 0 N–H and O–H groups in total. The fraction of sp³-hybridized carbons (Fsp3) is 0.138. The van der Waals surface area contributed by atoms with Crippen molar-refractivity contribution in [3.05, 3.63) is 96.4 Å². The first-order valence-corrected chi connectivity index (χ1v) is 11.5. The van der Waals surface area contributed by atoms with E-state index in [0.717, 1.165) is 46.3 Å². The molecule has 2 aromatic carbocycles. The number of hydrogen-bond acceptors (Lipinski definition) is 3. The van der Waals surface area contributed by atoms with Gasteiger partial charge in [-0.15, -0.1) is 4.57 Å². The number of furan rings is 1. The van der Waals surface area contributed by atoms with Crippen LogP contribution in [0.4, 0.5) is 0 Å². The van der Waals surface area contributed by atoms with Gasteiger partial charge < -0.3 is 4.42 Å². The first-order valence-electron chi connectivity index (χ1n) is 11.5. The van der Waals surface area contributed by atoms with E-state index in [-0.39, 0.29) is 0 Å². The number of benzene rings is 2. The Labute approximate surface area is 191 Å². The van der Waals surface area contributed by atoms with Gasteiger partial charge in [-0.25, -0.2) is 4.98 Å². The van der Waals surface area contributed by atoms with Crippen LogP contribution in [0.2, 0.25) is 0 Å². The maximum atomic E-state index is 6.29. The van der Waals surface area contributed by atoms with Gasteiger partial charge in [0.05, 0.1) is 11.1 Å². The highest BCUT2D eigenvalue weighted by Crippen LogP contribution is 2.33. The summed E-state index contributed by atoms with van der Waals surface area (Å²) in [5.74, 6) is 0. The molecule has 0 bridgehead atoms. The maximum Gasteiger partial charge on any atom is 0.388 e.